The van der Waals surface area contributed by atoms with Gasteiger partial charge in [-0.05, 0) is 63.6 Å². The Hall–Kier alpha value is -3.65. The molecule has 0 bridgehead atoms. The third-order valence-corrected chi connectivity index (χ3v) is 5.42. The number of amides is 1. The quantitative estimate of drug-likeness (QED) is 0.113. The van der Waals surface area contributed by atoms with E-state index in [1.165, 1.54) is 6.42 Å². The number of para-hydroxylation sites is 1. The topological polar surface area (TPSA) is 111 Å². The number of aliphatic carboxylic acids is 1. The van der Waals surface area contributed by atoms with Gasteiger partial charge in [0, 0.05) is 25.7 Å². The molecular formula is C28H37N3O5. The highest BCUT2D eigenvalue weighted by Gasteiger charge is 2.16. The lowest BCUT2D eigenvalue weighted by atomic mass is 10.1. The molecule has 8 nitrogen and oxygen atoms in total. The fraction of sp³-hybridized carbons (Fsp3) is 0.393. The standard InChI is InChI=1S/C28H37N3O5/c1-3-4-11-24(36-23-12-7-5-8-13-23)20-22(2)21-25(32)27(28(35)30-15-14-26(33)34)29-16-19-31-17-9-6-10-18-31/h3,5,7-8,11-13,16,20,32H,1,4,6,9-10,14-15,17-19,21H2,2H3,(H,30,35)(H,33,34)/b22-20-,24-11+,27-25+,29-16+. The number of hydrogen-bond donors (Lipinski definition) is 3. The molecule has 0 radical (unpaired) electrons. The van der Waals surface area contributed by atoms with E-state index in [4.69, 9.17) is 9.84 Å². The van der Waals surface area contributed by atoms with Gasteiger partial charge in [0.15, 0.2) is 5.70 Å². The van der Waals surface area contributed by atoms with E-state index in [1.807, 2.05) is 43.3 Å². The van der Waals surface area contributed by atoms with Crippen LogP contribution >= 0.6 is 0 Å². The maximum Gasteiger partial charge on any atom is 0.305 e. The van der Waals surface area contributed by atoms with Gasteiger partial charge in [0.05, 0.1) is 6.42 Å². The van der Waals surface area contributed by atoms with Crippen molar-refractivity contribution >= 4 is 18.1 Å². The first kappa shape index (κ1) is 28.6. The highest BCUT2D eigenvalue weighted by atomic mass is 16.5. The van der Waals surface area contributed by atoms with Crippen molar-refractivity contribution in [3.8, 4) is 5.75 Å². The molecule has 0 saturated carbocycles. The van der Waals surface area contributed by atoms with Crippen molar-refractivity contribution in [2.24, 2.45) is 4.99 Å². The van der Waals surface area contributed by atoms with Crippen molar-refractivity contribution in [2.45, 2.75) is 45.4 Å². The molecule has 8 heteroatoms. The minimum absolute atomic E-state index is 0.0548. The van der Waals surface area contributed by atoms with Crippen molar-refractivity contribution in [1.29, 1.82) is 0 Å². The number of hydrogen-bond acceptors (Lipinski definition) is 6. The number of aliphatic imine (C=N–C) groups is 1. The Labute approximate surface area is 213 Å². The fourth-order valence-corrected chi connectivity index (χ4v) is 3.62. The summed E-state index contributed by atoms with van der Waals surface area (Å²) in [5, 5.41) is 22.2. The number of ether oxygens (including phenoxy) is 1. The van der Waals surface area contributed by atoms with Gasteiger partial charge >= 0.3 is 5.97 Å². The number of nitrogens with zero attached hydrogens (tertiary/aromatic N) is 2. The first-order valence-corrected chi connectivity index (χ1v) is 12.3. The summed E-state index contributed by atoms with van der Waals surface area (Å²) in [7, 11) is 0. The van der Waals surface area contributed by atoms with Gasteiger partial charge < -0.3 is 20.3 Å². The van der Waals surface area contributed by atoms with Crippen LogP contribution in [-0.2, 0) is 9.59 Å². The Balaban J connectivity index is 2.19. The summed E-state index contributed by atoms with van der Waals surface area (Å²) < 4.78 is 5.95. The van der Waals surface area contributed by atoms with Crippen molar-refractivity contribution in [2.75, 3.05) is 26.2 Å². The molecule has 3 N–H and O–H groups in total. The predicted molar refractivity (Wildman–Crippen MR) is 142 cm³/mol. The number of aliphatic hydroxyl groups excluding tert-OH is 1. The molecule has 194 valence electrons. The van der Waals surface area contributed by atoms with Gasteiger partial charge in [-0.25, -0.2) is 0 Å². The lowest BCUT2D eigenvalue weighted by Gasteiger charge is -2.24. The number of carboxylic acids is 1. The maximum absolute atomic E-state index is 12.7. The Kier molecular flexibility index (Phi) is 12.8. The van der Waals surface area contributed by atoms with Gasteiger partial charge in [0.2, 0.25) is 0 Å². The van der Waals surface area contributed by atoms with Crippen LogP contribution in [0.15, 0.2) is 82.9 Å². The average molecular weight is 496 g/mol. The van der Waals surface area contributed by atoms with E-state index < -0.39 is 11.9 Å². The number of rotatable bonds is 14. The normalized spacial score (nSPS) is 15.9. The van der Waals surface area contributed by atoms with E-state index in [0.717, 1.165) is 31.5 Å². The smallest absolute Gasteiger partial charge is 0.305 e. The summed E-state index contributed by atoms with van der Waals surface area (Å²) in [5.41, 5.74) is 0.631. The second-order valence-electron chi connectivity index (χ2n) is 8.58. The van der Waals surface area contributed by atoms with Crippen LogP contribution in [0.5, 0.6) is 5.75 Å². The molecule has 0 spiro atoms. The summed E-state index contributed by atoms with van der Waals surface area (Å²) in [5.74, 6) is -0.562. The molecule has 0 aliphatic carbocycles. The van der Waals surface area contributed by atoms with Gasteiger partial charge in [-0.15, -0.1) is 6.58 Å². The van der Waals surface area contributed by atoms with Gasteiger partial charge in [-0.3, -0.25) is 19.5 Å². The van der Waals surface area contributed by atoms with E-state index in [1.54, 1.807) is 18.4 Å². The Morgan fingerprint density at radius 3 is 2.56 bits per heavy atom. The predicted octanol–water partition coefficient (Wildman–Crippen LogP) is 4.78. The zero-order valence-electron chi connectivity index (χ0n) is 21.0. The molecule has 1 aliphatic rings. The van der Waals surface area contributed by atoms with E-state index in [0.29, 0.717) is 24.5 Å². The van der Waals surface area contributed by atoms with E-state index in [-0.39, 0.29) is 30.8 Å². The van der Waals surface area contributed by atoms with Crippen LogP contribution in [0.3, 0.4) is 0 Å². The third kappa shape index (κ3) is 11.2. The zero-order valence-corrected chi connectivity index (χ0v) is 21.0. The van der Waals surface area contributed by atoms with Gasteiger partial charge in [0.1, 0.15) is 17.3 Å². The summed E-state index contributed by atoms with van der Waals surface area (Å²) in [4.78, 5) is 30.1. The highest BCUT2D eigenvalue weighted by molar-refractivity contribution is 5.95. The third-order valence-electron chi connectivity index (χ3n) is 5.42. The van der Waals surface area contributed by atoms with Crippen LogP contribution in [0.4, 0.5) is 0 Å². The molecule has 1 saturated heterocycles. The second-order valence-corrected chi connectivity index (χ2v) is 8.58. The SMILES string of the molecule is C=CC/C=C(\C=C(\C)C/C(O)=C(\N=C\CN1CCCCC1)C(=O)NCCC(=O)O)Oc1ccccc1. The van der Waals surface area contributed by atoms with Crippen molar-refractivity contribution < 1.29 is 24.5 Å². The number of aliphatic hydroxyl groups is 1. The first-order valence-electron chi connectivity index (χ1n) is 12.3. The van der Waals surface area contributed by atoms with Crippen LogP contribution in [0.25, 0.3) is 0 Å². The van der Waals surface area contributed by atoms with Crippen molar-refractivity contribution in [3.05, 3.63) is 77.9 Å². The largest absolute Gasteiger partial charge is 0.510 e. The number of piperidine rings is 1. The maximum atomic E-state index is 12.7. The minimum atomic E-state index is -1.02. The van der Waals surface area contributed by atoms with Crippen LogP contribution in [-0.4, -0.2) is 59.4 Å². The summed E-state index contributed by atoms with van der Waals surface area (Å²) >= 11 is 0. The summed E-state index contributed by atoms with van der Waals surface area (Å²) in [6.07, 6.45) is 11.0. The second kappa shape index (κ2) is 16.1. The summed E-state index contributed by atoms with van der Waals surface area (Å²) in [6.45, 7) is 8.04. The number of likely N-dealkylation sites (tertiary alicyclic amines) is 1. The highest BCUT2D eigenvalue weighted by Crippen LogP contribution is 2.19. The average Bonchev–Trinajstić information content (AvgIpc) is 2.86. The van der Waals surface area contributed by atoms with E-state index in [9.17, 15) is 14.7 Å². The van der Waals surface area contributed by atoms with Crippen LogP contribution in [0.2, 0.25) is 0 Å². The van der Waals surface area contributed by atoms with Crippen LogP contribution < -0.4 is 10.1 Å². The van der Waals surface area contributed by atoms with Gasteiger partial charge in [0.25, 0.3) is 5.91 Å². The molecule has 1 aromatic carbocycles. The number of carbonyl (C=O) groups excluding carboxylic acids is 1. The van der Waals surface area contributed by atoms with Gasteiger partial charge in [-0.2, -0.15) is 0 Å². The molecule has 2 rings (SSSR count). The number of allylic oxidation sites excluding steroid dienone is 4. The molecule has 0 atom stereocenters. The lowest BCUT2D eigenvalue weighted by Crippen LogP contribution is -2.31. The fourth-order valence-electron chi connectivity index (χ4n) is 3.62. The van der Waals surface area contributed by atoms with E-state index >= 15 is 0 Å². The molecule has 0 aromatic heterocycles. The summed E-state index contributed by atoms with van der Waals surface area (Å²) in [6, 6.07) is 9.35. The molecule has 36 heavy (non-hydrogen) atoms. The van der Waals surface area contributed by atoms with Gasteiger partial charge in [-0.1, -0.05) is 36.3 Å². The van der Waals surface area contributed by atoms with Crippen molar-refractivity contribution in [3.63, 3.8) is 0 Å². The van der Waals surface area contributed by atoms with Crippen LogP contribution in [0.1, 0.15) is 45.4 Å². The minimum Gasteiger partial charge on any atom is -0.510 e. The number of benzene rings is 1. The lowest BCUT2D eigenvalue weighted by molar-refractivity contribution is -0.136. The molecule has 1 amide bonds. The molecule has 1 heterocycles. The number of carboxylic acid groups (broad SMARTS) is 1. The Bertz CT molecular complexity index is 990. The number of nitrogens with one attached hydrogen (secondary N) is 1. The molecular weight excluding hydrogens is 458 g/mol. The monoisotopic (exact) mass is 495 g/mol. The first-order chi connectivity index (χ1) is 17.4. The Morgan fingerprint density at radius 1 is 1.17 bits per heavy atom. The molecule has 1 aromatic rings. The Morgan fingerprint density at radius 2 is 1.89 bits per heavy atom. The van der Waals surface area contributed by atoms with Crippen molar-refractivity contribution in [1.82, 2.24) is 10.2 Å². The van der Waals surface area contributed by atoms with Crippen LogP contribution in [0, 0.1) is 0 Å². The molecule has 0 unspecified atom stereocenters. The molecule has 1 fully saturated rings. The zero-order chi connectivity index (χ0) is 26.2. The number of carbonyl (C=O) groups is 2. The van der Waals surface area contributed by atoms with E-state index in [2.05, 4.69) is 21.8 Å². The molecule has 1 aliphatic heterocycles.